The number of hydrogen-bond acceptors (Lipinski definition) is 3. The van der Waals surface area contributed by atoms with Gasteiger partial charge in [0.1, 0.15) is 5.69 Å². The third-order valence-electron chi connectivity index (χ3n) is 4.89. The summed E-state index contributed by atoms with van der Waals surface area (Å²) in [5.41, 5.74) is 3.93. The molecule has 6 nitrogen and oxygen atoms in total. The molecule has 0 radical (unpaired) electrons. The number of rotatable bonds is 5. The molecule has 0 atom stereocenters. The highest BCUT2D eigenvalue weighted by Crippen LogP contribution is 2.31. The fraction of sp³-hybridized carbons (Fsp3) is 0.190. The predicted molar refractivity (Wildman–Crippen MR) is 104 cm³/mol. The summed E-state index contributed by atoms with van der Waals surface area (Å²) < 4.78 is 4.02. The van der Waals surface area contributed by atoms with E-state index in [0.29, 0.717) is 11.3 Å². The predicted octanol–water partition coefficient (Wildman–Crippen LogP) is 3.86. The van der Waals surface area contributed by atoms with E-state index in [9.17, 15) is 4.79 Å². The minimum atomic E-state index is -0.157. The molecule has 0 aromatic carbocycles. The van der Waals surface area contributed by atoms with Crippen LogP contribution in [-0.2, 0) is 6.54 Å². The Morgan fingerprint density at radius 3 is 2.89 bits per heavy atom. The van der Waals surface area contributed by atoms with Gasteiger partial charge in [-0.3, -0.25) is 14.5 Å². The van der Waals surface area contributed by atoms with E-state index in [2.05, 4.69) is 10.3 Å². The largest absolute Gasteiger partial charge is 0.321 e. The van der Waals surface area contributed by atoms with Crippen LogP contribution in [-0.4, -0.2) is 25.1 Å². The molecule has 0 saturated heterocycles. The third kappa shape index (κ3) is 3.10. The molecule has 1 N–H and O–H groups in total. The molecule has 1 amide bonds. The summed E-state index contributed by atoms with van der Waals surface area (Å²) >= 11 is 0. The topological polar surface area (TPSA) is 64.2 Å². The Labute approximate surface area is 156 Å². The first-order valence-corrected chi connectivity index (χ1v) is 9.13. The second-order valence-electron chi connectivity index (χ2n) is 6.96. The van der Waals surface area contributed by atoms with Gasteiger partial charge >= 0.3 is 0 Å². The van der Waals surface area contributed by atoms with Gasteiger partial charge in [0.25, 0.3) is 5.91 Å². The van der Waals surface area contributed by atoms with Crippen molar-refractivity contribution >= 4 is 17.1 Å². The molecule has 4 heterocycles. The van der Waals surface area contributed by atoms with Crippen LogP contribution in [0.4, 0.5) is 5.69 Å². The van der Waals surface area contributed by atoms with E-state index >= 15 is 0 Å². The molecule has 1 aliphatic carbocycles. The van der Waals surface area contributed by atoms with E-state index in [-0.39, 0.29) is 5.91 Å². The van der Waals surface area contributed by atoms with Crippen LogP contribution in [0.5, 0.6) is 0 Å². The molecule has 1 saturated carbocycles. The maximum Gasteiger partial charge on any atom is 0.257 e. The lowest BCUT2D eigenvalue weighted by atomic mass is 10.2. The molecule has 0 aliphatic heterocycles. The van der Waals surface area contributed by atoms with Gasteiger partial charge in [-0.05, 0) is 55.2 Å². The van der Waals surface area contributed by atoms with Gasteiger partial charge in [-0.15, -0.1) is 0 Å². The Morgan fingerprint density at radius 1 is 1.15 bits per heavy atom. The van der Waals surface area contributed by atoms with Crippen molar-refractivity contribution in [3.05, 3.63) is 72.8 Å². The number of amides is 1. The zero-order valence-electron chi connectivity index (χ0n) is 14.7. The highest BCUT2D eigenvalue weighted by atomic mass is 16.1. The second-order valence-corrected chi connectivity index (χ2v) is 6.96. The van der Waals surface area contributed by atoms with Gasteiger partial charge in [-0.1, -0.05) is 6.07 Å². The van der Waals surface area contributed by atoms with E-state index in [1.54, 1.807) is 18.5 Å². The molecule has 0 bridgehead atoms. The van der Waals surface area contributed by atoms with Crippen molar-refractivity contribution in [2.45, 2.75) is 19.4 Å². The van der Waals surface area contributed by atoms with E-state index in [0.717, 1.165) is 29.4 Å². The molecule has 1 fully saturated rings. The van der Waals surface area contributed by atoms with Gasteiger partial charge in [0.15, 0.2) is 0 Å². The zero-order valence-corrected chi connectivity index (χ0v) is 14.7. The number of nitrogens with one attached hydrogen (secondary N) is 1. The molecule has 5 rings (SSSR count). The van der Waals surface area contributed by atoms with Gasteiger partial charge in [-0.2, -0.15) is 5.10 Å². The van der Waals surface area contributed by atoms with E-state index in [1.807, 2.05) is 57.9 Å². The lowest BCUT2D eigenvalue weighted by molar-refractivity contribution is 0.102. The highest BCUT2D eigenvalue weighted by Gasteiger charge is 2.23. The number of nitrogens with zero attached hydrogens (tertiary/aromatic N) is 4. The lowest BCUT2D eigenvalue weighted by Gasteiger charge is -2.03. The first-order valence-electron chi connectivity index (χ1n) is 9.13. The fourth-order valence-corrected chi connectivity index (χ4v) is 3.33. The minimum Gasteiger partial charge on any atom is -0.321 e. The first-order chi connectivity index (χ1) is 13.3. The molecule has 27 heavy (non-hydrogen) atoms. The van der Waals surface area contributed by atoms with Gasteiger partial charge in [0, 0.05) is 25.1 Å². The van der Waals surface area contributed by atoms with Crippen molar-refractivity contribution in [2.75, 3.05) is 5.32 Å². The van der Waals surface area contributed by atoms with Crippen molar-refractivity contribution in [3.8, 4) is 11.4 Å². The van der Waals surface area contributed by atoms with Crippen LogP contribution in [0.25, 0.3) is 16.9 Å². The van der Waals surface area contributed by atoms with Crippen molar-refractivity contribution in [1.29, 1.82) is 0 Å². The number of carbonyl (C=O) groups excluding carboxylic acids is 1. The number of carbonyl (C=O) groups is 1. The van der Waals surface area contributed by atoms with E-state index in [4.69, 9.17) is 5.10 Å². The summed E-state index contributed by atoms with van der Waals surface area (Å²) in [6.45, 7) is 0.970. The van der Waals surface area contributed by atoms with Gasteiger partial charge in [0.2, 0.25) is 0 Å². The van der Waals surface area contributed by atoms with Gasteiger partial charge < -0.3 is 9.72 Å². The summed E-state index contributed by atoms with van der Waals surface area (Å²) in [4.78, 5) is 16.9. The third-order valence-corrected chi connectivity index (χ3v) is 4.89. The SMILES string of the molecule is O=C(Nc1cccnc1)c1cc(-c2ccn(CC3CC3)n2)n2ccccc12. The smallest absolute Gasteiger partial charge is 0.257 e. The fourth-order valence-electron chi connectivity index (χ4n) is 3.33. The van der Waals surface area contributed by atoms with Crippen LogP contribution < -0.4 is 5.32 Å². The maximum absolute atomic E-state index is 12.9. The summed E-state index contributed by atoms with van der Waals surface area (Å²) in [5.74, 6) is 0.609. The minimum absolute atomic E-state index is 0.157. The second kappa shape index (κ2) is 6.39. The summed E-state index contributed by atoms with van der Waals surface area (Å²) in [6.07, 6.45) is 9.89. The molecule has 4 aromatic heterocycles. The molecule has 134 valence electrons. The average Bonchev–Trinajstić information content (AvgIpc) is 3.24. The average molecular weight is 357 g/mol. The van der Waals surface area contributed by atoms with Crippen LogP contribution in [0.1, 0.15) is 23.2 Å². The summed E-state index contributed by atoms with van der Waals surface area (Å²) in [7, 11) is 0. The molecule has 6 heteroatoms. The molecule has 0 unspecified atom stereocenters. The van der Waals surface area contributed by atoms with Crippen LogP contribution in [0.3, 0.4) is 0 Å². The van der Waals surface area contributed by atoms with Crippen LogP contribution in [0.2, 0.25) is 0 Å². The van der Waals surface area contributed by atoms with Crippen molar-refractivity contribution in [3.63, 3.8) is 0 Å². The number of anilines is 1. The van der Waals surface area contributed by atoms with Crippen molar-refractivity contribution in [2.24, 2.45) is 5.92 Å². The molecule has 1 aliphatic rings. The Hall–Kier alpha value is -3.41. The van der Waals surface area contributed by atoms with Crippen LogP contribution >= 0.6 is 0 Å². The summed E-state index contributed by atoms with van der Waals surface area (Å²) in [6, 6.07) is 13.4. The number of hydrogen-bond donors (Lipinski definition) is 1. The van der Waals surface area contributed by atoms with Gasteiger partial charge in [-0.25, -0.2) is 0 Å². The highest BCUT2D eigenvalue weighted by molar-refractivity contribution is 6.10. The lowest BCUT2D eigenvalue weighted by Crippen LogP contribution is -2.11. The first kappa shape index (κ1) is 15.8. The standard InChI is InChI=1S/C21H19N5O/c27-21(23-16-4-3-9-22-13-16)17-12-20(26-10-2-1-5-19(17)26)18-8-11-25(24-18)14-15-6-7-15/h1-5,8-13,15H,6-7,14H2,(H,23,27). The monoisotopic (exact) mass is 357 g/mol. The van der Waals surface area contributed by atoms with Crippen LogP contribution in [0.15, 0.2) is 67.3 Å². The van der Waals surface area contributed by atoms with Crippen molar-refractivity contribution in [1.82, 2.24) is 19.2 Å². The quantitative estimate of drug-likeness (QED) is 0.590. The van der Waals surface area contributed by atoms with E-state index < -0.39 is 0 Å². The molecule has 0 spiro atoms. The Kier molecular flexibility index (Phi) is 3.74. The maximum atomic E-state index is 12.9. The normalized spacial score (nSPS) is 13.8. The molecular weight excluding hydrogens is 338 g/mol. The Morgan fingerprint density at radius 2 is 2.07 bits per heavy atom. The van der Waals surface area contributed by atoms with E-state index in [1.165, 1.54) is 12.8 Å². The number of pyridine rings is 2. The van der Waals surface area contributed by atoms with Gasteiger partial charge in [0.05, 0.1) is 28.7 Å². The number of aromatic nitrogens is 4. The van der Waals surface area contributed by atoms with Crippen molar-refractivity contribution < 1.29 is 4.79 Å². The Balaban J connectivity index is 1.52. The molecular formula is C21H19N5O. The number of fused-ring (bicyclic) bond motifs is 1. The summed E-state index contributed by atoms with van der Waals surface area (Å²) in [5, 5.41) is 7.64. The Bertz CT molecular complexity index is 1110. The molecule has 4 aromatic rings. The zero-order chi connectivity index (χ0) is 18.2. The van der Waals surface area contributed by atoms with Crippen LogP contribution in [0, 0.1) is 5.92 Å².